The summed E-state index contributed by atoms with van der Waals surface area (Å²) in [5.41, 5.74) is 4.88. The van der Waals surface area contributed by atoms with Crippen molar-refractivity contribution in [2.24, 2.45) is 0 Å². The first kappa shape index (κ1) is 23.2. The number of thiazole rings is 1. The SMILES string of the molecule is COc1cc(-c2n[nH]c(-c3ncc(N4CC[C@H]5C[C@@]4(C)CN5C4CCC4)s3)c2C(C)C)cn2ncnc12. The summed E-state index contributed by atoms with van der Waals surface area (Å²) in [6.07, 6.45) is 12.2. The van der Waals surface area contributed by atoms with E-state index in [9.17, 15) is 0 Å². The maximum atomic E-state index is 5.60. The lowest BCUT2D eigenvalue weighted by Crippen LogP contribution is -2.50. The Balaban J connectivity index is 1.22. The predicted molar refractivity (Wildman–Crippen MR) is 145 cm³/mol. The fourth-order valence-electron chi connectivity index (χ4n) is 6.72. The first-order valence-corrected chi connectivity index (χ1v) is 14.2. The van der Waals surface area contributed by atoms with Gasteiger partial charge < -0.3 is 9.64 Å². The summed E-state index contributed by atoms with van der Waals surface area (Å²) in [6, 6.07) is 3.55. The van der Waals surface area contributed by atoms with Gasteiger partial charge in [-0.05, 0) is 44.6 Å². The molecule has 2 aliphatic heterocycles. The maximum Gasteiger partial charge on any atom is 0.197 e. The summed E-state index contributed by atoms with van der Waals surface area (Å²) in [6.45, 7) is 9.15. The zero-order valence-electron chi connectivity index (χ0n) is 21.9. The van der Waals surface area contributed by atoms with Crippen molar-refractivity contribution < 1.29 is 4.74 Å². The molecule has 0 unspecified atom stereocenters. The molecule has 194 valence electrons. The molecule has 6 heterocycles. The highest BCUT2D eigenvalue weighted by Gasteiger charge is 2.51. The number of methoxy groups -OCH3 is 1. The summed E-state index contributed by atoms with van der Waals surface area (Å²) in [5.74, 6) is 0.933. The molecule has 7 rings (SSSR count). The van der Waals surface area contributed by atoms with Crippen LogP contribution < -0.4 is 9.64 Å². The highest BCUT2D eigenvalue weighted by molar-refractivity contribution is 7.18. The Morgan fingerprint density at radius 3 is 2.81 bits per heavy atom. The van der Waals surface area contributed by atoms with Gasteiger partial charge in [-0.2, -0.15) is 10.2 Å². The first-order chi connectivity index (χ1) is 17.9. The Morgan fingerprint density at radius 1 is 1.19 bits per heavy atom. The second-order valence-electron chi connectivity index (χ2n) is 11.4. The van der Waals surface area contributed by atoms with Crippen molar-refractivity contribution >= 4 is 22.0 Å². The smallest absolute Gasteiger partial charge is 0.197 e. The Labute approximate surface area is 220 Å². The average molecular weight is 519 g/mol. The van der Waals surface area contributed by atoms with Gasteiger partial charge in [-0.25, -0.2) is 14.5 Å². The highest BCUT2D eigenvalue weighted by atomic mass is 32.1. The molecule has 0 aromatic carbocycles. The molecule has 1 aliphatic carbocycles. The van der Waals surface area contributed by atoms with Crippen molar-refractivity contribution in [3.63, 3.8) is 0 Å². The van der Waals surface area contributed by atoms with Crippen LogP contribution in [0.3, 0.4) is 0 Å². The number of rotatable bonds is 6. The molecule has 3 aliphatic rings. The predicted octanol–water partition coefficient (Wildman–Crippen LogP) is 4.97. The number of likely N-dealkylation sites (tertiary alicyclic amines) is 1. The average Bonchev–Trinajstić information content (AvgIpc) is 3.62. The third-order valence-electron chi connectivity index (χ3n) is 8.74. The number of nitrogens with zero attached hydrogens (tertiary/aromatic N) is 7. The van der Waals surface area contributed by atoms with E-state index in [1.807, 2.05) is 12.3 Å². The molecular weight excluding hydrogens is 484 g/mol. The normalized spacial score (nSPS) is 24.4. The molecule has 0 radical (unpaired) electrons. The summed E-state index contributed by atoms with van der Waals surface area (Å²) < 4.78 is 7.34. The Morgan fingerprint density at radius 2 is 2.05 bits per heavy atom. The van der Waals surface area contributed by atoms with E-state index in [0.29, 0.717) is 11.4 Å². The third kappa shape index (κ3) is 3.59. The fourth-order valence-corrected chi connectivity index (χ4v) is 7.81. The van der Waals surface area contributed by atoms with E-state index < -0.39 is 0 Å². The quantitative estimate of drug-likeness (QED) is 0.386. The van der Waals surface area contributed by atoms with Gasteiger partial charge in [0, 0.05) is 42.5 Å². The number of piperidine rings is 1. The van der Waals surface area contributed by atoms with Crippen LogP contribution in [0.1, 0.15) is 64.4 Å². The second-order valence-corrected chi connectivity index (χ2v) is 12.4. The molecular formula is C27H34N8OS. The Hall–Kier alpha value is -2.98. The van der Waals surface area contributed by atoms with Crippen LogP contribution in [0.5, 0.6) is 5.75 Å². The number of aromatic nitrogens is 6. The molecule has 37 heavy (non-hydrogen) atoms. The zero-order chi connectivity index (χ0) is 25.3. The van der Waals surface area contributed by atoms with Crippen molar-refractivity contribution in [1.29, 1.82) is 0 Å². The van der Waals surface area contributed by atoms with Crippen molar-refractivity contribution in [3.8, 4) is 27.7 Å². The Kier molecular flexibility index (Phi) is 5.34. The van der Waals surface area contributed by atoms with Gasteiger partial charge in [0.25, 0.3) is 0 Å². The highest BCUT2D eigenvalue weighted by Crippen LogP contribution is 2.47. The lowest BCUT2D eigenvalue weighted by molar-refractivity contribution is 0.112. The fraction of sp³-hybridized carbons (Fsp3) is 0.556. The minimum absolute atomic E-state index is 0.187. The molecule has 2 saturated heterocycles. The molecule has 3 fully saturated rings. The van der Waals surface area contributed by atoms with Gasteiger partial charge in [0.2, 0.25) is 0 Å². The molecule has 2 bridgehead atoms. The van der Waals surface area contributed by atoms with Crippen LogP contribution in [0.25, 0.3) is 27.6 Å². The molecule has 4 aromatic rings. The lowest BCUT2D eigenvalue weighted by atomic mass is 9.89. The maximum absolute atomic E-state index is 5.60. The molecule has 0 amide bonds. The van der Waals surface area contributed by atoms with Gasteiger partial charge in [-0.3, -0.25) is 10.00 Å². The van der Waals surface area contributed by atoms with E-state index >= 15 is 0 Å². The molecule has 1 N–H and O–H groups in total. The summed E-state index contributed by atoms with van der Waals surface area (Å²) in [5, 5.41) is 14.7. The minimum atomic E-state index is 0.187. The Bertz CT molecular complexity index is 1450. The molecule has 9 nitrogen and oxygen atoms in total. The van der Waals surface area contributed by atoms with E-state index in [4.69, 9.17) is 14.8 Å². The van der Waals surface area contributed by atoms with Gasteiger partial charge in [0.15, 0.2) is 11.4 Å². The first-order valence-electron chi connectivity index (χ1n) is 13.4. The van der Waals surface area contributed by atoms with Crippen molar-refractivity contribution in [3.05, 3.63) is 30.4 Å². The summed E-state index contributed by atoms with van der Waals surface area (Å²) in [7, 11) is 1.66. The van der Waals surface area contributed by atoms with E-state index in [-0.39, 0.29) is 11.5 Å². The number of hydrogen-bond acceptors (Lipinski definition) is 8. The zero-order valence-corrected chi connectivity index (χ0v) is 22.8. The van der Waals surface area contributed by atoms with Crippen molar-refractivity contribution in [1.82, 2.24) is 34.7 Å². The van der Waals surface area contributed by atoms with Gasteiger partial charge >= 0.3 is 0 Å². The van der Waals surface area contributed by atoms with Crippen molar-refractivity contribution in [2.45, 2.75) is 76.4 Å². The van der Waals surface area contributed by atoms with Crippen molar-refractivity contribution in [2.75, 3.05) is 25.1 Å². The van der Waals surface area contributed by atoms with E-state index in [1.54, 1.807) is 23.0 Å². The number of aromatic amines is 1. The van der Waals surface area contributed by atoms with Crippen LogP contribution in [-0.2, 0) is 0 Å². The molecule has 1 saturated carbocycles. The number of H-pyrrole nitrogens is 1. The van der Waals surface area contributed by atoms with E-state index in [0.717, 1.165) is 46.2 Å². The number of nitrogens with one attached hydrogen (secondary N) is 1. The van der Waals surface area contributed by atoms with E-state index in [1.165, 1.54) is 50.0 Å². The lowest BCUT2D eigenvalue weighted by Gasteiger charge is -2.41. The number of ether oxygens (including phenoxy) is 1. The van der Waals surface area contributed by atoms with Crippen LogP contribution >= 0.6 is 11.3 Å². The topological polar surface area (TPSA) is 87.5 Å². The largest absolute Gasteiger partial charge is 0.493 e. The minimum Gasteiger partial charge on any atom is -0.493 e. The molecule has 2 atom stereocenters. The summed E-state index contributed by atoms with van der Waals surface area (Å²) in [4.78, 5) is 14.7. The monoisotopic (exact) mass is 518 g/mol. The van der Waals surface area contributed by atoms with Crippen LogP contribution in [0.2, 0.25) is 0 Å². The number of anilines is 1. The number of fused-ring (bicyclic) bond motifs is 3. The van der Waals surface area contributed by atoms with Gasteiger partial charge in [0.1, 0.15) is 16.3 Å². The number of hydrogen-bond donors (Lipinski definition) is 1. The van der Waals surface area contributed by atoms with Crippen LogP contribution in [0.4, 0.5) is 5.00 Å². The molecule has 10 heteroatoms. The number of pyridine rings is 1. The molecule has 0 spiro atoms. The van der Waals surface area contributed by atoms with Crippen LogP contribution in [0.15, 0.2) is 24.8 Å². The molecule has 4 aromatic heterocycles. The second kappa shape index (κ2) is 8.52. The van der Waals surface area contributed by atoms with Gasteiger partial charge in [-0.15, -0.1) is 0 Å². The van der Waals surface area contributed by atoms with E-state index in [2.05, 4.69) is 51.9 Å². The van der Waals surface area contributed by atoms with Gasteiger partial charge in [-0.1, -0.05) is 31.6 Å². The third-order valence-corrected chi connectivity index (χ3v) is 9.78. The van der Waals surface area contributed by atoms with Gasteiger partial charge in [0.05, 0.1) is 30.2 Å². The standard InChI is InChI=1S/C27H34N8OS/c1-16(2)22-23(17-10-20(36-4)25-29-15-30-35(25)13-17)31-32-24(22)26-28-12-21(37-26)34-9-8-19-11-27(34,3)14-33(19)18-6-5-7-18/h10,12-13,15-16,18-19H,5-9,11,14H2,1-4H3,(H,31,32)/t19-,27-/m0/s1. The summed E-state index contributed by atoms with van der Waals surface area (Å²) >= 11 is 1.78. The van der Waals surface area contributed by atoms with Crippen LogP contribution in [0, 0.1) is 0 Å². The van der Waals surface area contributed by atoms with Crippen LogP contribution in [-0.4, -0.2) is 72.5 Å².